The molecule has 23 heavy (non-hydrogen) atoms. The van der Waals surface area contributed by atoms with Crippen LogP contribution in [0.1, 0.15) is 27.9 Å². The molecule has 0 unspecified atom stereocenters. The predicted molar refractivity (Wildman–Crippen MR) is 98.4 cm³/mol. The highest BCUT2D eigenvalue weighted by Gasteiger charge is 2.21. The molecule has 0 aliphatic carbocycles. The summed E-state index contributed by atoms with van der Waals surface area (Å²) in [5, 5.41) is 4.30. The molecule has 0 saturated carbocycles. The number of nitrogens with one attached hydrogen (secondary N) is 1. The molecule has 0 fully saturated rings. The van der Waals surface area contributed by atoms with Crippen LogP contribution in [-0.2, 0) is 13.0 Å². The van der Waals surface area contributed by atoms with Gasteiger partial charge in [0.25, 0.3) is 5.91 Å². The van der Waals surface area contributed by atoms with Crippen LogP contribution in [-0.4, -0.2) is 28.9 Å². The van der Waals surface area contributed by atoms with Crippen LogP contribution in [0.3, 0.4) is 0 Å². The van der Waals surface area contributed by atoms with E-state index in [4.69, 9.17) is 23.2 Å². The first kappa shape index (κ1) is 18.5. The summed E-state index contributed by atoms with van der Waals surface area (Å²) in [7, 11) is 0. The molecule has 0 atom stereocenters. The Hall–Kier alpha value is -0.850. The van der Waals surface area contributed by atoms with Crippen LogP contribution < -0.4 is 5.32 Å². The molecule has 1 aromatic carbocycles. The number of amides is 1. The minimum Gasteiger partial charge on any atom is -0.298 e. The largest absolute Gasteiger partial charge is 0.298 e. The lowest BCUT2D eigenvalue weighted by molar-refractivity contribution is 0.102. The Morgan fingerprint density at radius 1 is 1.43 bits per heavy atom. The van der Waals surface area contributed by atoms with Crippen molar-refractivity contribution in [1.29, 1.82) is 0 Å². The highest BCUT2D eigenvalue weighted by atomic mass is 35.5. The number of benzene rings is 1. The monoisotopic (exact) mass is 391 g/mol. The minimum absolute atomic E-state index is 0. The normalized spacial score (nSPS) is 14.0. The van der Waals surface area contributed by atoms with Crippen LogP contribution in [0.25, 0.3) is 0 Å². The van der Waals surface area contributed by atoms with Gasteiger partial charge in [0, 0.05) is 29.4 Å². The molecular formula is C15H16Cl3N3OS. The molecule has 124 valence electrons. The van der Waals surface area contributed by atoms with E-state index in [1.165, 1.54) is 16.2 Å². The number of hydrogen-bond donors (Lipinski definition) is 1. The number of nitrogens with zero attached hydrogens (tertiary/aromatic N) is 2. The number of carbonyl (C=O) groups is 1. The van der Waals surface area contributed by atoms with E-state index >= 15 is 0 Å². The number of thiazole rings is 1. The molecule has 0 bridgehead atoms. The second-order valence-electron chi connectivity index (χ2n) is 5.09. The summed E-state index contributed by atoms with van der Waals surface area (Å²) >= 11 is 13.4. The molecule has 8 heteroatoms. The van der Waals surface area contributed by atoms with Crippen molar-refractivity contribution in [3.05, 3.63) is 44.4 Å². The predicted octanol–water partition coefficient (Wildman–Crippen LogP) is 4.50. The molecule has 1 aliphatic heterocycles. The molecule has 0 radical (unpaired) electrons. The number of fused-ring (bicyclic) bond motifs is 1. The number of anilines is 1. The van der Waals surface area contributed by atoms with Crippen molar-refractivity contribution in [1.82, 2.24) is 9.88 Å². The van der Waals surface area contributed by atoms with Crippen molar-refractivity contribution in [2.45, 2.75) is 19.9 Å². The van der Waals surface area contributed by atoms with Crippen LogP contribution in [0.15, 0.2) is 18.2 Å². The van der Waals surface area contributed by atoms with Gasteiger partial charge in [0.2, 0.25) is 0 Å². The van der Waals surface area contributed by atoms with Crippen LogP contribution in [0.4, 0.5) is 5.13 Å². The average Bonchev–Trinajstić information content (AvgIpc) is 2.87. The number of likely N-dealkylation sites (N-methyl/N-ethyl adjacent to an activating group) is 1. The molecule has 1 amide bonds. The van der Waals surface area contributed by atoms with Gasteiger partial charge in [0.05, 0.1) is 16.3 Å². The van der Waals surface area contributed by atoms with E-state index in [2.05, 4.69) is 22.1 Å². The second-order valence-corrected chi connectivity index (χ2v) is 7.01. The molecule has 1 N–H and O–H groups in total. The zero-order chi connectivity index (χ0) is 15.7. The van der Waals surface area contributed by atoms with Crippen molar-refractivity contribution in [2.75, 3.05) is 18.4 Å². The number of carbonyl (C=O) groups excluding carboxylic acids is 1. The average molecular weight is 393 g/mol. The summed E-state index contributed by atoms with van der Waals surface area (Å²) in [6, 6.07) is 4.82. The van der Waals surface area contributed by atoms with Crippen LogP contribution in [0, 0.1) is 0 Å². The first-order valence-electron chi connectivity index (χ1n) is 7.04. The fraction of sp³-hybridized carbons (Fsp3) is 0.333. The fourth-order valence-electron chi connectivity index (χ4n) is 2.41. The van der Waals surface area contributed by atoms with E-state index in [1.807, 2.05) is 0 Å². The molecule has 0 saturated heterocycles. The quantitative estimate of drug-likeness (QED) is 0.836. The highest BCUT2D eigenvalue weighted by molar-refractivity contribution is 7.15. The van der Waals surface area contributed by atoms with Crippen molar-refractivity contribution < 1.29 is 4.79 Å². The summed E-state index contributed by atoms with van der Waals surface area (Å²) in [6.07, 6.45) is 0.928. The van der Waals surface area contributed by atoms with Crippen molar-refractivity contribution in [2.24, 2.45) is 0 Å². The van der Waals surface area contributed by atoms with Gasteiger partial charge in [-0.2, -0.15) is 0 Å². The van der Waals surface area contributed by atoms with Crippen LogP contribution >= 0.6 is 46.9 Å². The van der Waals surface area contributed by atoms with Gasteiger partial charge in [-0.05, 0) is 24.7 Å². The van der Waals surface area contributed by atoms with E-state index in [9.17, 15) is 4.79 Å². The first-order valence-corrected chi connectivity index (χ1v) is 8.61. The minimum atomic E-state index is -0.264. The van der Waals surface area contributed by atoms with Crippen LogP contribution in [0.5, 0.6) is 0 Å². The zero-order valence-electron chi connectivity index (χ0n) is 12.4. The van der Waals surface area contributed by atoms with Crippen molar-refractivity contribution in [3.63, 3.8) is 0 Å². The SMILES string of the molecule is CCN1CCc2nc(NC(=O)c3ccc(Cl)cc3Cl)sc2C1.Cl. The lowest BCUT2D eigenvalue weighted by Crippen LogP contribution is -2.29. The molecule has 1 aliphatic rings. The third-order valence-corrected chi connectivity index (χ3v) is 5.20. The van der Waals surface area contributed by atoms with E-state index in [0.717, 1.165) is 31.7 Å². The molecule has 0 spiro atoms. The second kappa shape index (κ2) is 7.81. The lowest BCUT2D eigenvalue weighted by Gasteiger charge is -2.23. The number of hydrogen-bond acceptors (Lipinski definition) is 4. The Morgan fingerprint density at radius 3 is 2.91 bits per heavy atom. The van der Waals surface area contributed by atoms with Gasteiger partial charge in [-0.1, -0.05) is 30.1 Å². The third kappa shape index (κ3) is 4.17. The lowest BCUT2D eigenvalue weighted by atomic mass is 10.2. The molecular weight excluding hydrogens is 377 g/mol. The Labute approximate surface area is 155 Å². The van der Waals surface area contributed by atoms with Gasteiger partial charge >= 0.3 is 0 Å². The maximum absolute atomic E-state index is 12.3. The third-order valence-electron chi connectivity index (χ3n) is 3.65. The standard InChI is InChI=1S/C15H15Cl2N3OS.ClH/c1-2-20-6-5-12-13(8-20)22-15(18-12)19-14(21)10-4-3-9(16)7-11(10)17;/h3-4,7H,2,5-6,8H2,1H3,(H,18,19,21);1H. The molecule has 2 heterocycles. The number of aromatic nitrogens is 1. The number of rotatable bonds is 3. The topological polar surface area (TPSA) is 45.2 Å². The van der Waals surface area contributed by atoms with E-state index < -0.39 is 0 Å². The van der Waals surface area contributed by atoms with Crippen molar-refractivity contribution in [3.8, 4) is 0 Å². The van der Waals surface area contributed by atoms with E-state index in [0.29, 0.717) is 20.7 Å². The Balaban J connectivity index is 0.00000192. The smallest absolute Gasteiger partial charge is 0.258 e. The summed E-state index contributed by atoms with van der Waals surface area (Å²) in [6.45, 7) is 5.10. The molecule has 3 rings (SSSR count). The summed E-state index contributed by atoms with van der Waals surface area (Å²) in [5.41, 5.74) is 1.49. The maximum atomic E-state index is 12.3. The fourth-order valence-corrected chi connectivity index (χ4v) is 3.95. The molecule has 1 aromatic heterocycles. The van der Waals surface area contributed by atoms with Gasteiger partial charge in [-0.3, -0.25) is 15.0 Å². The molecule has 2 aromatic rings. The maximum Gasteiger partial charge on any atom is 0.258 e. The van der Waals surface area contributed by atoms with Gasteiger partial charge in [0.1, 0.15) is 0 Å². The van der Waals surface area contributed by atoms with Crippen molar-refractivity contribution >= 4 is 58.0 Å². The van der Waals surface area contributed by atoms with Crippen LogP contribution in [0.2, 0.25) is 10.0 Å². The van der Waals surface area contributed by atoms with Gasteiger partial charge in [-0.25, -0.2) is 4.98 Å². The Bertz CT molecular complexity index is 720. The Morgan fingerprint density at radius 2 is 2.22 bits per heavy atom. The molecule has 4 nitrogen and oxygen atoms in total. The number of halogens is 3. The van der Waals surface area contributed by atoms with E-state index in [1.54, 1.807) is 18.2 Å². The summed E-state index contributed by atoms with van der Waals surface area (Å²) in [4.78, 5) is 20.4. The highest BCUT2D eigenvalue weighted by Crippen LogP contribution is 2.29. The van der Waals surface area contributed by atoms with E-state index in [-0.39, 0.29) is 18.3 Å². The van der Waals surface area contributed by atoms with Gasteiger partial charge < -0.3 is 0 Å². The Kier molecular flexibility index (Phi) is 6.28. The summed E-state index contributed by atoms with van der Waals surface area (Å²) in [5.74, 6) is -0.264. The zero-order valence-corrected chi connectivity index (χ0v) is 15.6. The van der Waals surface area contributed by atoms with Gasteiger partial charge in [0.15, 0.2) is 5.13 Å². The first-order chi connectivity index (χ1) is 10.6. The van der Waals surface area contributed by atoms with Gasteiger partial charge in [-0.15, -0.1) is 23.7 Å². The summed E-state index contributed by atoms with van der Waals surface area (Å²) < 4.78 is 0.